The van der Waals surface area contributed by atoms with Gasteiger partial charge >= 0.3 is 14.7 Å². The number of aliphatic hydroxyl groups is 1. The van der Waals surface area contributed by atoms with Crippen molar-refractivity contribution in [2.24, 2.45) is 0 Å². The molecule has 0 spiro atoms. The van der Waals surface area contributed by atoms with Crippen LogP contribution in [0.4, 0.5) is 13.2 Å². The first kappa shape index (κ1) is 12.9. The van der Waals surface area contributed by atoms with E-state index in [-0.39, 0.29) is 6.04 Å². The van der Waals surface area contributed by atoms with Gasteiger partial charge in [-0.3, -0.25) is 0 Å². The molecule has 0 unspecified atom stereocenters. The Bertz CT molecular complexity index is 138. The predicted molar refractivity (Wildman–Crippen MR) is 42.3 cm³/mol. The van der Waals surface area contributed by atoms with Crippen LogP contribution < -0.4 is 0 Å². The van der Waals surface area contributed by atoms with E-state index >= 15 is 0 Å². The van der Waals surface area contributed by atoms with Crippen LogP contribution in [0.2, 0.25) is 6.04 Å². The van der Waals surface area contributed by atoms with Crippen molar-refractivity contribution in [1.29, 1.82) is 0 Å². The van der Waals surface area contributed by atoms with E-state index in [2.05, 4.69) is 0 Å². The minimum absolute atomic E-state index is 0.278. The van der Waals surface area contributed by atoms with Gasteiger partial charge in [0.15, 0.2) is 0 Å². The number of halogens is 3. The zero-order valence-corrected chi connectivity index (χ0v) is 8.52. The molecule has 0 bridgehead atoms. The Hall–Kier alpha value is -0.113. The molecule has 0 rings (SSSR count). The van der Waals surface area contributed by atoms with E-state index < -0.39 is 27.4 Å². The normalized spacial score (nSPS) is 13.4. The van der Waals surface area contributed by atoms with E-state index in [9.17, 15) is 13.2 Å². The zero-order chi connectivity index (χ0) is 10.5. The molecule has 0 atom stereocenters. The largest absolute Gasteiger partial charge is 0.396 e. The zero-order valence-electron chi connectivity index (χ0n) is 7.52. The second-order valence-electron chi connectivity index (χ2n) is 2.59. The fourth-order valence-electron chi connectivity index (χ4n) is 0.828. The molecule has 0 aliphatic carbocycles. The lowest BCUT2D eigenvalue weighted by molar-refractivity contribution is -0.132. The van der Waals surface area contributed by atoms with Crippen molar-refractivity contribution < 1.29 is 27.1 Å². The molecule has 13 heavy (non-hydrogen) atoms. The Kier molecular flexibility index (Phi) is 4.90. The van der Waals surface area contributed by atoms with Crippen molar-refractivity contribution in [3.05, 3.63) is 0 Å². The number of aliphatic hydroxyl groups excluding tert-OH is 1. The van der Waals surface area contributed by atoms with E-state index in [1.54, 1.807) is 0 Å². The van der Waals surface area contributed by atoms with Crippen LogP contribution in [0.15, 0.2) is 0 Å². The monoisotopic (exact) mass is 218 g/mol. The van der Waals surface area contributed by atoms with Gasteiger partial charge in [0.05, 0.1) is 6.23 Å². The summed E-state index contributed by atoms with van der Waals surface area (Å²) in [7, 11) is -0.487. The molecular formula is C6H13F3O3Si. The summed E-state index contributed by atoms with van der Waals surface area (Å²) in [6.07, 6.45) is -5.68. The SMILES string of the molecule is CO[Si](CO)(CCC(F)(F)F)OC. The Morgan fingerprint density at radius 1 is 1.23 bits per heavy atom. The van der Waals surface area contributed by atoms with E-state index in [1.165, 1.54) is 14.2 Å². The minimum atomic E-state index is -4.23. The van der Waals surface area contributed by atoms with Crippen LogP contribution in [0, 0.1) is 0 Å². The first-order valence-electron chi connectivity index (χ1n) is 3.67. The van der Waals surface area contributed by atoms with Gasteiger partial charge in [-0.05, 0) is 0 Å². The van der Waals surface area contributed by atoms with E-state index in [1.807, 2.05) is 0 Å². The molecule has 0 aromatic heterocycles. The number of alkyl halides is 3. The lowest BCUT2D eigenvalue weighted by Gasteiger charge is -2.25. The molecule has 7 heteroatoms. The van der Waals surface area contributed by atoms with Gasteiger partial charge in [0, 0.05) is 26.7 Å². The molecule has 1 N–H and O–H groups in total. The standard InChI is InChI=1S/C6H13F3O3Si/c1-11-13(5-10,12-2)4-3-6(7,8)9/h10H,3-5H2,1-2H3. The van der Waals surface area contributed by atoms with Crippen LogP contribution in [0.1, 0.15) is 6.42 Å². The lowest BCUT2D eigenvalue weighted by atomic mass is 10.5. The maximum Gasteiger partial charge on any atom is 0.389 e. The number of hydrogen-bond acceptors (Lipinski definition) is 3. The van der Waals surface area contributed by atoms with Crippen molar-refractivity contribution in [2.45, 2.75) is 18.6 Å². The Balaban J connectivity index is 4.11. The maximum absolute atomic E-state index is 11.8. The number of hydrogen-bond donors (Lipinski definition) is 1. The molecule has 0 saturated heterocycles. The van der Waals surface area contributed by atoms with E-state index in [4.69, 9.17) is 14.0 Å². The summed E-state index contributed by atoms with van der Waals surface area (Å²) in [6, 6.07) is -0.278. The average molecular weight is 218 g/mol. The van der Waals surface area contributed by atoms with Gasteiger partial charge in [-0.2, -0.15) is 13.2 Å². The van der Waals surface area contributed by atoms with Gasteiger partial charge in [-0.25, -0.2) is 0 Å². The molecule has 0 radical (unpaired) electrons. The van der Waals surface area contributed by atoms with Gasteiger partial charge in [0.1, 0.15) is 0 Å². The van der Waals surface area contributed by atoms with Crippen molar-refractivity contribution in [3.63, 3.8) is 0 Å². The Morgan fingerprint density at radius 2 is 1.69 bits per heavy atom. The highest BCUT2D eigenvalue weighted by atomic mass is 28.4. The van der Waals surface area contributed by atoms with Crippen LogP contribution in [0.25, 0.3) is 0 Å². The third-order valence-electron chi connectivity index (χ3n) is 1.77. The van der Waals surface area contributed by atoms with Gasteiger partial charge in [0.2, 0.25) is 0 Å². The van der Waals surface area contributed by atoms with Gasteiger partial charge < -0.3 is 14.0 Å². The average Bonchev–Trinajstić information content (AvgIpc) is 2.06. The van der Waals surface area contributed by atoms with Gasteiger partial charge in [-0.15, -0.1) is 0 Å². The van der Waals surface area contributed by atoms with Crippen LogP contribution in [0.5, 0.6) is 0 Å². The summed E-state index contributed by atoms with van der Waals surface area (Å²) in [5.41, 5.74) is 0. The van der Waals surface area contributed by atoms with Crippen LogP contribution in [-0.4, -0.2) is 40.3 Å². The predicted octanol–water partition coefficient (Wildman–Crippen LogP) is 1.21. The molecule has 80 valence electrons. The minimum Gasteiger partial charge on any atom is -0.396 e. The first-order valence-corrected chi connectivity index (χ1v) is 5.90. The summed E-state index contributed by atoms with van der Waals surface area (Å²) in [5.74, 6) is 0. The molecule has 0 amide bonds. The first-order chi connectivity index (χ1) is 5.89. The third kappa shape index (κ3) is 4.60. The second-order valence-corrected chi connectivity index (χ2v) is 6.05. The highest BCUT2D eigenvalue weighted by Crippen LogP contribution is 2.26. The summed E-state index contributed by atoms with van der Waals surface area (Å²) in [5, 5.41) is 8.82. The van der Waals surface area contributed by atoms with Gasteiger partial charge in [0.25, 0.3) is 0 Å². The highest BCUT2D eigenvalue weighted by molar-refractivity contribution is 6.67. The molecule has 0 aromatic carbocycles. The number of rotatable bonds is 5. The molecule has 0 aromatic rings. The van der Waals surface area contributed by atoms with Gasteiger partial charge in [-0.1, -0.05) is 0 Å². The summed E-state index contributed by atoms with van der Waals surface area (Å²) in [4.78, 5) is 0. The quantitative estimate of drug-likeness (QED) is 0.705. The van der Waals surface area contributed by atoms with Crippen LogP contribution in [-0.2, 0) is 8.85 Å². The topological polar surface area (TPSA) is 38.7 Å². The van der Waals surface area contributed by atoms with Crippen molar-refractivity contribution in [2.75, 3.05) is 20.4 Å². The molecule has 0 heterocycles. The summed E-state index contributed by atoms with van der Waals surface area (Å²) in [6.45, 7) is 0. The Morgan fingerprint density at radius 3 is 1.92 bits per heavy atom. The molecular weight excluding hydrogens is 205 g/mol. The molecule has 0 fully saturated rings. The smallest absolute Gasteiger partial charge is 0.389 e. The van der Waals surface area contributed by atoms with Crippen molar-refractivity contribution >= 4 is 8.56 Å². The summed E-state index contributed by atoms with van der Waals surface area (Å²) >= 11 is 0. The second kappa shape index (κ2) is 4.94. The lowest BCUT2D eigenvalue weighted by Crippen LogP contribution is -2.45. The maximum atomic E-state index is 11.8. The van der Waals surface area contributed by atoms with Crippen LogP contribution >= 0.6 is 0 Å². The summed E-state index contributed by atoms with van der Waals surface area (Å²) < 4.78 is 45.1. The van der Waals surface area contributed by atoms with E-state index in [0.717, 1.165) is 0 Å². The van der Waals surface area contributed by atoms with Crippen LogP contribution in [0.3, 0.4) is 0 Å². The van der Waals surface area contributed by atoms with Crippen molar-refractivity contribution in [1.82, 2.24) is 0 Å². The fourth-order valence-corrected chi connectivity index (χ4v) is 2.48. The molecule has 3 nitrogen and oxygen atoms in total. The van der Waals surface area contributed by atoms with Crippen molar-refractivity contribution in [3.8, 4) is 0 Å². The fraction of sp³-hybridized carbons (Fsp3) is 1.00. The molecule has 0 aliphatic heterocycles. The highest BCUT2D eigenvalue weighted by Gasteiger charge is 2.40. The third-order valence-corrected chi connectivity index (χ3v) is 4.76. The molecule has 0 saturated carbocycles. The Labute approximate surface area is 75.7 Å². The van der Waals surface area contributed by atoms with E-state index in [0.29, 0.717) is 0 Å². The molecule has 0 aliphatic rings.